The number of ether oxygens (including phenoxy) is 2. The Hall–Kier alpha value is -8.12. The number of nitrogens with zero attached hydrogens (tertiary/aromatic N) is 3. The quantitative estimate of drug-likeness (QED) is 0.0797. The van der Waals surface area contributed by atoms with Crippen molar-refractivity contribution < 1.29 is 27.2 Å². The van der Waals surface area contributed by atoms with Crippen LogP contribution in [0.25, 0.3) is 30.0 Å². The van der Waals surface area contributed by atoms with Crippen LogP contribution in [0.1, 0.15) is 16.7 Å². The van der Waals surface area contributed by atoms with E-state index in [2.05, 4.69) is 21.9 Å². The second kappa shape index (κ2) is 20.9. The summed E-state index contributed by atoms with van der Waals surface area (Å²) in [4.78, 5) is 13.4. The molecule has 0 fully saturated rings. The van der Waals surface area contributed by atoms with Gasteiger partial charge in [-0.25, -0.2) is 0 Å². The molecule has 0 saturated carbocycles. The summed E-state index contributed by atoms with van der Waals surface area (Å²) in [6, 6.07) is 63.3. The largest absolute Gasteiger partial charge is 0.458 e. The van der Waals surface area contributed by atoms with Crippen molar-refractivity contribution in [3.63, 3.8) is 0 Å². The standard InChI is InChI=1S/C40H30N4O6S.2C6H6/c1-27-36(38(42-41-27)30-8-4-2-5-9-30)24-28-12-18-33(19-13-28)49-26-50-34-20-14-29(15-21-34)25-37-39(31-10-6-3-7-11-31)43-44(40(37)45)32-16-22-35(23-17-32)51(46,47)48;2*1-2-4-6-5-3-1/h2-25,41H,1,26H2,(H,46,47,48);2*1-6H/b36-24-,37-25+;;. The van der Waals surface area contributed by atoms with Gasteiger partial charge in [0.15, 0.2) is 0 Å². The van der Waals surface area contributed by atoms with Gasteiger partial charge in [-0.05, 0) is 71.8 Å². The second-order valence-electron chi connectivity index (χ2n) is 13.8. The van der Waals surface area contributed by atoms with Gasteiger partial charge >= 0.3 is 0 Å². The zero-order valence-electron chi connectivity index (χ0n) is 33.9. The molecule has 2 N–H and O–H groups in total. The maximum absolute atomic E-state index is 13.6. The molecule has 0 unspecified atom stereocenters. The van der Waals surface area contributed by atoms with E-state index in [9.17, 15) is 17.8 Å². The van der Waals surface area contributed by atoms with E-state index in [1.54, 1.807) is 18.2 Å². The summed E-state index contributed by atoms with van der Waals surface area (Å²) in [5.74, 6) is 0.830. The highest BCUT2D eigenvalue weighted by atomic mass is 32.2. The number of hydrogen-bond acceptors (Lipinski definition) is 7. The fourth-order valence-corrected chi connectivity index (χ4v) is 6.72. The minimum Gasteiger partial charge on any atom is -0.458 e. The molecule has 0 saturated heterocycles. The Morgan fingerprint density at radius 2 is 1.03 bits per heavy atom. The van der Waals surface area contributed by atoms with Crippen molar-refractivity contribution in [3.05, 3.63) is 239 Å². The van der Waals surface area contributed by atoms with Crippen LogP contribution >= 0.6 is 0 Å². The van der Waals surface area contributed by atoms with Crippen molar-refractivity contribution in [1.29, 1.82) is 0 Å². The lowest BCUT2D eigenvalue weighted by molar-refractivity contribution is -0.114. The Morgan fingerprint density at radius 3 is 1.51 bits per heavy atom. The molecule has 0 spiro atoms. The van der Waals surface area contributed by atoms with Crippen molar-refractivity contribution in [1.82, 2.24) is 10.2 Å². The second-order valence-corrected chi connectivity index (χ2v) is 15.2. The Bertz CT molecular complexity index is 2910. The molecule has 7 aromatic carbocycles. The predicted octanol–water partition coefficient (Wildman–Crippen LogP) is 9.19. The summed E-state index contributed by atoms with van der Waals surface area (Å²) >= 11 is 0. The van der Waals surface area contributed by atoms with E-state index in [0.717, 1.165) is 38.5 Å². The first kappa shape index (κ1) is 43.0. The van der Waals surface area contributed by atoms with E-state index >= 15 is 0 Å². The molecule has 63 heavy (non-hydrogen) atoms. The van der Waals surface area contributed by atoms with E-state index in [4.69, 9.17) is 9.47 Å². The van der Waals surface area contributed by atoms with Crippen molar-refractivity contribution in [2.24, 2.45) is 5.10 Å². The summed E-state index contributed by atoms with van der Waals surface area (Å²) in [6.45, 7) is 4.07. The summed E-state index contributed by atoms with van der Waals surface area (Å²) in [6.07, 6.45) is 3.77. The topological polar surface area (TPSA) is 134 Å². The molecule has 312 valence electrons. The molecule has 1 amide bonds. The van der Waals surface area contributed by atoms with Crippen LogP contribution in [0.3, 0.4) is 0 Å². The van der Waals surface area contributed by atoms with Gasteiger partial charge in [0.1, 0.15) is 17.2 Å². The number of aromatic amines is 1. The third-order valence-electron chi connectivity index (χ3n) is 9.40. The third kappa shape index (κ3) is 11.8. The van der Waals surface area contributed by atoms with Gasteiger partial charge in [0.25, 0.3) is 16.0 Å². The first-order valence-electron chi connectivity index (χ1n) is 19.8. The molecular weight excluding hydrogens is 809 g/mol. The van der Waals surface area contributed by atoms with Gasteiger partial charge in [0, 0.05) is 16.3 Å². The Kier molecular flexibility index (Phi) is 14.3. The molecule has 8 aromatic rings. The summed E-state index contributed by atoms with van der Waals surface area (Å²) in [7, 11) is -4.38. The smallest absolute Gasteiger partial charge is 0.294 e. The number of nitrogens with one attached hydrogen (secondary N) is 1. The first-order valence-corrected chi connectivity index (χ1v) is 21.2. The molecule has 0 atom stereocenters. The highest BCUT2D eigenvalue weighted by molar-refractivity contribution is 7.85. The summed E-state index contributed by atoms with van der Waals surface area (Å²) in [5, 5.41) is 14.9. The van der Waals surface area contributed by atoms with Crippen molar-refractivity contribution in [2.75, 3.05) is 11.8 Å². The Morgan fingerprint density at radius 1 is 0.587 bits per heavy atom. The molecule has 2 heterocycles. The van der Waals surface area contributed by atoms with E-state index < -0.39 is 10.1 Å². The lowest BCUT2D eigenvalue weighted by atomic mass is 10.0. The van der Waals surface area contributed by atoms with E-state index in [0.29, 0.717) is 28.5 Å². The number of amides is 1. The first-order chi connectivity index (χ1) is 30.7. The molecular formula is C52H42N4O6S. The monoisotopic (exact) mass is 850 g/mol. The van der Waals surface area contributed by atoms with Gasteiger partial charge in [-0.2, -0.15) is 23.6 Å². The molecule has 9 rings (SSSR count). The summed E-state index contributed by atoms with van der Waals surface area (Å²) < 4.78 is 44.0. The van der Waals surface area contributed by atoms with Crippen molar-refractivity contribution in [3.8, 4) is 22.8 Å². The van der Waals surface area contributed by atoms with Crippen LogP contribution in [0, 0.1) is 0 Å². The van der Waals surface area contributed by atoms with Crippen molar-refractivity contribution in [2.45, 2.75) is 4.90 Å². The minimum atomic E-state index is -4.38. The van der Waals surface area contributed by atoms with Gasteiger partial charge in [0.05, 0.1) is 27.2 Å². The number of rotatable bonds is 10. The molecule has 1 aromatic heterocycles. The highest BCUT2D eigenvalue weighted by Crippen LogP contribution is 2.29. The number of aromatic nitrogens is 2. The predicted molar refractivity (Wildman–Crippen MR) is 249 cm³/mol. The molecule has 1 aliphatic rings. The van der Waals surface area contributed by atoms with E-state index in [1.165, 1.54) is 29.3 Å². The van der Waals surface area contributed by atoms with E-state index in [-0.39, 0.29) is 17.6 Å². The number of anilines is 1. The zero-order valence-corrected chi connectivity index (χ0v) is 34.8. The maximum atomic E-state index is 13.6. The van der Waals surface area contributed by atoms with Crippen LogP contribution < -0.4 is 25.1 Å². The lowest BCUT2D eigenvalue weighted by Crippen LogP contribution is -2.22. The molecule has 0 radical (unpaired) electrons. The number of hydrogen-bond donors (Lipinski definition) is 2. The van der Waals surface area contributed by atoms with Crippen LogP contribution in [-0.4, -0.2) is 41.6 Å². The van der Waals surface area contributed by atoms with Gasteiger partial charge in [-0.15, -0.1) is 0 Å². The van der Waals surface area contributed by atoms with Crippen molar-refractivity contribution >= 4 is 46.2 Å². The number of H-pyrrole nitrogens is 1. The lowest BCUT2D eigenvalue weighted by Gasteiger charge is -2.12. The summed E-state index contributed by atoms with van der Waals surface area (Å²) in [5.41, 5.74) is 5.46. The molecule has 0 aliphatic carbocycles. The normalized spacial score (nSPS) is 13.0. The van der Waals surface area contributed by atoms with Gasteiger partial charge in [0.2, 0.25) is 6.79 Å². The fourth-order valence-electron chi connectivity index (χ4n) is 6.24. The van der Waals surface area contributed by atoms with Gasteiger partial charge in [-0.3, -0.25) is 14.4 Å². The van der Waals surface area contributed by atoms with E-state index in [1.807, 2.05) is 176 Å². The highest BCUT2D eigenvalue weighted by Gasteiger charge is 2.32. The van der Waals surface area contributed by atoms with Gasteiger partial charge in [-0.1, -0.05) is 164 Å². The van der Waals surface area contributed by atoms with Crippen LogP contribution in [0.2, 0.25) is 0 Å². The molecule has 1 aliphatic heterocycles. The molecule has 11 heteroatoms. The molecule has 0 bridgehead atoms. The SMILES string of the molecule is C=c1[nH]nc(-c2ccccc2)/c1=C\c1ccc(OCOc2ccc(/C=C3/C(=O)N(c4ccc(S(=O)(=O)O)cc4)N=C3c3ccccc3)cc2)cc1.c1ccccc1.c1ccccc1. The average molecular weight is 851 g/mol. The number of benzene rings is 7. The fraction of sp³-hybridized carbons (Fsp3) is 0.0192. The average Bonchev–Trinajstić information content (AvgIpc) is 3.86. The molecule has 10 nitrogen and oxygen atoms in total. The third-order valence-corrected chi connectivity index (χ3v) is 10.3. The Balaban J connectivity index is 0.000000428. The van der Waals surface area contributed by atoms with Gasteiger partial charge < -0.3 is 9.47 Å². The minimum absolute atomic E-state index is 0.0129. The van der Waals surface area contributed by atoms with Crippen LogP contribution in [0.15, 0.2) is 222 Å². The number of carbonyl (C=O) groups excluding carboxylic acids is 1. The van der Waals surface area contributed by atoms with Crippen LogP contribution in [0.4, 0.5) is 5.69 Å². The zero-order chi connectivity index (χ0) is 43.9. The number of hydrazone groups is 1. The maximum Gasteiger partial charge on any atom is 0.294 e. The van der Waals surface area contributed by atoms with Crippen LogP contribution in [0.5, 0.6) is 11.5 Å². The number of carbonyl (C=O) groups is 1. The Labute approximate surface area is 365 Å². The van der Waals surface area contributed by atoms with Crippen LogP contribution in [-0.2, 0) is 14.9 Å².